The Morgan fingerprint density at radius 3 is 2.58 bits per heavy atom. The van der Waals surface area contributed by atoms with E-state index >= 15 is 0 Å². The molecule has 33 heavy (non-hydrogen) atoms. The molecular formula is C25H31N5O3. The van der Waals surface area contributed by atoms with Crippen molar-refractivity contribution in [3.8, 4) is 11.5 Å². The number of rotatable bonds is 6. The van der Waals surface area contributed by atoms with Gasteiger partial charge in [0.25, 0.3) is 0 Å². The second-order valence-corrected chi connectivity index (χ2v) is 9.78. The zero-order chi connectivity index (χ0) is 22.4. The van der Waals surface area contributed by atoms with Crippen molar-refractivity contribution in [2.24, 2.45) is 0 Å². The number of methoxy groups -OCH3 is 1. The van der Waals surface area contributed by atoms with Crippen molar-refractivity contribution in [3.05, 3.63) is 30.1 Å². The van der Waals surface area contributed by atoms with E-state index in [9.17, 15) is 4.79 Å². The molecule has 6 rings (SSSR count). The molecule has 0 unspecified atom stereocenters. The third-order valence-electron chi connectivity index (χ3n) is 7.62. The Balaban J connectivity index is 1.22. The molecule has 2 saturated carbocycles. The van der Waals surface area contributed by atoms with E-state index in [0.717, 1.165) is 67.4 Å². The van der Waals surface area contributed by atoms with Gasteiger partial charge in [0.1, 0.15) is 18.0 Å². The van der Waals surface area contributed by atoms with E-state index in [0.29, 0.717) is 11.8 Å². The molecular weight excluding hydrogens is 418 g/mol. The highest BCUT2D eigenvalue weighted by molar-refractivity contribution is 6.07. The van der Waals surface area contributed by atoms with Gasteiger partial charge in [0.05, 0.1) is 18.6 Å². The van der Waals surface area contributed by atoms with Gasteiger partial charge in [-0.3, -0.25) is 4.79 Å². The lowest BCUT2D eigenvalue weighted by molar-refractivity contribution is -0.121. The first-order valence-corrected chi connectivity index (χ1v) is 12.2. The number of anilines is 3. The van der Waals surface area contributed by atoms with Crippen LogP contribution >= 0.6 is 0 Å². The van der Waals surface area contributed by atoms with Crippen molar-refractivity contribution in [1.29, 1.82) is 0 Å². The van der Waals surface area contributed by atoms with Crippen LogP contribution in [0.3, 0.4) is 0 Å². The van der Waals surface area contributed by atoms with Gasteiger partial charge in [-0.2, -0.15) is 0 Å². The summed E-state index contributed by atoms with van der Waals surface area (Å²) in [5.74, 6) is 3.32. The maximum absolute atomic E-state index is 13.2. The summed E-state index contributed by atoms with van der Waals surface area (Å²) in [6, 6.07) is 6.56. The molecule has 4 aliphatic rings. The van der Waals surface area contributed by atoms with Gasteiger partial charge in [0.15, 0.2) is 11.5 Å². The van der Waals surface area contributed by atoms with Crippen molar-refractivity contribution >= 4 is 23.2 Å². The number of carbonyl (C=O) groups excluding carboxylic acids is 1. The van der Waals surface area contributed by atoms with E-state index in [-0.39, 0.29) is 12.0 Å². The van der Waals surface area contributed by atoms with Crippen molar-refractivity contribution in [1.82, 2.24) is 9.97 Å². The molecule has 174 valence electrons. The molecule has 0 radical (unpaired) electrons. The molecule has 0 bridgehead atoms. The highest BCUT2D eigenvalue weighted by Gasteiger charge is 2.49. The fourth-order valence-electron chi connectivity index (χ4n) is 5.51. The average molecular weight is 450 g/mol. The molecule has 0 atom stereocenters. The zero-order valence-electron chi connectivity index (χ0n) is 19.1. The fraction of sp³-hybridized carbons (Fsp3) is 0.560. The molecule has 3 heterocycles. The number of piperidine rings is 1. The van der Waals surface area contributed by atoms with Gasteiger partial charge in [-0.25, -0.2) is 9.97 Å². The number of hydrogen-bond acceptors (Lipinski definition) is 7. The summed E-state index contributed by atoms with van der Waals surface area (Å²) >= 11 is 0. The smallest absolute Gasteiger partial charge is 0.235 e. The minimum absolute atomic E-state index is 0.0796. The van der Waals surface area contributed by atoms with E-state index in [4.69, 9.17) is 9.47 Å². The molecule has 2 aliphatic carbocycles. The van der Waals surface area contributed by atoms with E-state index < -0.39 is 5.41 Å². The number of carbonyl (C=O) groups is 1. The molecule has 8 nitrogen and oxygen atoms in total. The summed E-state index contributed by atoms with van der Waals surface area (Å²) in [4.78, 5) is 24.3. The molecule has 1 spiro atoms. The van der Waals surface area contributed by atoms with Crippen LogP contribution in [-0.4, -0.2) is 48.2 Å². The summed E-state index contributed by atoms with van der Waals surface area (Å²) in [6.07, 6.45) is 10.3. The monoisotopic (exact) mass is 449 g/mol. The molecule has 3 fully saturated rings. The van der Waals surface area contributed by atoms with E-state index in [1.165, 1.54) is 25.7 Å². The summed E-state index contributed by atoms with van der Waals surface area (Å²) in [5.41, 5.74) is 1.36. The predicted molar refractivity (Wildman–Crippen MR) is 126 cm³/mol. The van der Waals surface area contributed by atoms with Crippen molar-refractivity contribution in [2.75, 3.05) is 35.7 Å². The molecule has 1 saturated heterocycles. The van der Waals surface area contributed by atoms with Crippen LogP contribution in [0.2, 0.25) is 0 Å². The van der Waals surface area contributed by atoms with E-state index in [1.54, 1.807) is 13.4 Å². The third-order valence-corrected chi connectivity index (χ3v) is 7.62. The zero-order valence-corrected chi connectivity index (χ0v) is 19.1. The average Bonchev–Trinajstić information content (AvgIpc) is 3.42. The van der Waals surface area contributed by atoms with E-state index in [1.807, 2.05) is 18.2 Å². The molecule has 1 amide bonds. The predicted octanol–water partition coefficient (Wildman–Crippen LogP) is 3.87. The highest BCUT2D eigenvalue weighted by Crippen LogP contribution is 2.49. The van der Waals surface area contributed by atoms with Gasteiger partial charge in [0, 0.05) is 37.0 Å². The maximum Gasteiger partial charge on any atom is 0.235 e. The summed E-state index contributed by atoms with van der Waals surface area (Å²) in [6.45, 7) is 1.52. The van der Waals surface area contributed by atoms with Gasteiger partial charge in [-0.1, -0.05) is 0 Å². The lowest BCUT2D eigenvalue weighted by Crippen LogP contribution is -2.46. The van der Waals surface area contributed by atoms with Gasteiger partial charge < -0.3 is 25.0 Å². The molecule has 2 aromatic rings. The topological polar surface area (TPSA) is 88.6 Å². The Labute approximate surface area is 194 Å². The first kappa shape index (κ1) is 20.6. The number of nitrogens with one attached hydrogen (secondary N) is 2. The number of hydrogen-bond donors (Lipinski definition) is 2. The standard InChI is InChI=1S/C25H31N5O3/c1-32-20-12-18-19(13-21(20)33-17-4-2-3-5-17)29-24(31)25(18)8-10-30(11-9-25)23-14-22(26-15-27-23)28-16-6-7-16/h12-17H,2-11H2,1H3,(H,29,31)(H,26,27,28). The van der Waals surface area contributed by atoms with Crippen LogP contribution in [0.5, 0.6) is 11.5 Å². The number of fused-ring (bicyclic) bond motifs is 2. The van der Waals surface area contributed by atoms with Crippen LogP contribution in [0.1, 0.15) is 56.9 Å². The Bertz CT molecular complexity index is 1060. The van der Waals surface area contributed by atoms with Crippen LogP contribution in [0, 0.1) is 0 Å². The highest BCUT2D eigenvalue weighted by atomic mass is 16.5. The number of nitrogens with zero attached hydrogens (tertiary/aromatic N) is 3. The Morgan fingerprint density at radius 2 is 1.85 bits per heavy atom. The van der Waals surface area contributed by atoms with Crippen molar-refractivity contribution in [3.63, 3.8) is 0 Å². The minimum Gasteiger partial charge on any atom is -0.493 e. The first-order chi connectivity index (χ1) is 16.1. The van der Waals surface area contributed by atoms with Crippen molar-refractivity contribution in [2.45, 2.75) is 68.9 Å². The SMILES string of the molecule is COc1cc2c(cc1OC1CCCC1)NC(=O)C21CCN(c2cc(NC3CC3)ncn2)CC1. The molecule has 8 heteroatoms. The number of benzene rings is 1. The fourth-order valence-corrected chi connectivity index (χ4v) is 5.51. The Hall–Kier alpha value is -3.03. The molecule has 1 aromatic carbocycles. The minimum atomic E-state index is -0.535. The molecule has 1 aromatic heterocycles. The van der Waals surface area contributed by atoms with Crippen LogP contribution in [0.15, 0.2) is 24.5 Å². The van der Waals surface area contributed by atoms with Gasteiger partial charge in [0.2, 0.25) is 5.91 Å². The van der Waals surface area contributed by atoms with Crippen LogP contribution in [0.25, 0.3) is 0 Å². The maximum atomic E-state index is 13.2. The normalized spacial score (nSPS) is 21.7. The number of aromatic nitrogens is 2. The quantitative estimate of drug-likeness (QED) is 0.692. The lowest BCUT2D eigenvalue weighted by atomic mass is 9.73. The van der Waals surface area contributed by atoms with E-state index in [2.05, 4.69) is 25.5 Å². The van der Waals surface area contributed by atoms with Gasteiger partial charge in [-0.15, -0.1) is 0 Å². The summed E-state index contributed by atoms with van der Waals surface area (Å²) in [5, 5.41) is 6.58. The molecule has 2 N–H and O–H groups in total. The summed E-state index contributed by atoms with van der Waals surface area (Å²) < 4.78 is 11.9. The number of ether oxygens (including phenoxy) is 2. The Kier molecular flexibility index (Phi) is 5.03. The third kappa shape index (κ3) is 3.75. The second-order valence-electron chi connectivity index (χ2n) is 9.78. The molecule has 2 aliphatic heterocycles. The largest absolute Gasteiger partial charge is 0.493 e. The van der Waals surface area contributed by atoms with Crippen LogP contribution < -0.4 is 25.0 Å². The Morgan fingerprint density at radius 1 is 1.06 bits per heavy atom. The second kappa shape index (κ2) is 8.08. The van der Waals surface area contributed by atoms with Gasteiger partial charge in [-0.05, 0) is 63.0 Å². The lowest BCUT2D eigenvalue weighted by Gasteiger charge is -2.38. The van der Waals surface area contributed by atoms with Gasteiger partial charge >= 0.3 is 0 Å². The van der Waals surface area contributed by atoms with Crippen LogP contribution in [-0.2, 0) is 10.2 Å². The first-order valence-electron chi connectivity index (χ1n) is 12.2. The van der Waals surface area contributed by atoms with Crippen molar-refractivity contribution < 1.29 is 14.3 Å². The van der Waals surface area contributed by atoms with Crippen LogP contribution in [0.4, 0.5) is 17.3 Å². The number of amides is 1. The summed E-state index contributed by atoms with van der Waals surface area (Å²) in [7, 11) is 1.67.